The molecule has 1 heterocycles. The Balaban J connectivity index is 1.74. The summed E-state index contributed by atoms with van der Waals surface area (Å²) in [6, 6.07) is 9.23. The van der Waals surface area contributed by atoms with Gasteiger partial charge in [-0.15, -0.1) is 0 Å². The number of carbonyl (C=O) groups excluding carboxylic acids is 2. The van der Waals surface area contributed by atoms with Crippen molar-refractivity contribution in [3.8, 4) is 0 Å². The number of carbonyl (C=O) groups is 2. The predicted molar refractivity (Wildman–Crippen MR) is 115 cm³/mol. The molecule has 6 nitrogen and oxygen atoms in total. The molecule has 1 saturated heterocycles. The first-order chi connectivity index (χ1) is 14.2. The molecule has 0 aliphatic carbocycles. The van der Waals surface area contributed by atoms with Gasteiger partial charge < -0.3 is 4.74 Å². The van der Waals surface area contributed by atoms with Crippen LogP contribution in [-0.4, -0.2) is 44.2 Å². The third-order valence-electron chi connectivity index (χ3n) is 5.26. The molecule has 0 amide bonds. The van der Waals surface area contributed by atoms with Crippen LogP contribution in [0.2, 0.25) is 5.02 Å². The molecule has 0 radical (unpaired) electrons. The molecule has 160 valence electrons. The van der Waals surface area contributed by atoms with Crippen molar-refractivity contribution in [2.24, 2.45) is 0 Å². The number of aryl methyl sites for hydroxylation is 2. The Morgan fingerprint density at radius 2 is 1.63 bits per heavy atom. The van der Waals surface area contributed by atoms with Gasteiger partial charge in [0.1, 0.15) is 4.90 Å². The van der Waals surface area contributed by atoms with Crippen LogP contribution in [-0.2, 0) is 14.8 Å². The third kappa shape index (κ3) is 4.91. The predicted octanol–water partition coefficient (Wildman–Crippen LogP) is 4.17. The summed E-state index contributed by atoms with van der Waals surface area (Å²) >= 11 is 6.13. The second-order valence-electron chi connectivity index (χ2n) is 7.41. The first kappa shape index (κ1) is 22.5. The molecule has 2 aromatic carbocycles. The fourth-order valence-corrected chi connectivity index (χ4v) is 5.30. The van der Waals surface area contributed by atoms with Crippen molar-refractivity contribution in [2.45, 2.75) is 38.0 Å². The van der Waals surface area contributed by atoms with Gasteiger partial charge in [-0.2, -0.15) is 4.31 Å². The standard InChI is InChI=1S/C22H24ClNO5S/c1-15-6-7-17(12-16(15)2)20(25)14-29-22(26)18-8-9-19(23)21(13-18)30(27,28)24-10-4-3-5-11-24/h6-9,12-13H,3-5,10-11,14H2,1-2H3. The van der Waals surface area contributed by atoms with Crippen LogP contribution < -0.4 is 0 Å². The molecular formula is C22H24ClNO5S. The molecule has 1 aliphatic heterocycles. The molecule has 1 aliphatic rings. The average molecular weight is 450 g/mol. The lowest BCUT2D eigenvalue weighted by molar-refractivity contribution is 0.0474. The normalized spacial score (nSPS) is 15.0. The van der Waals surface area contributed by atoms with Gasteiger partial charge in [0.2, 0.25) is 10.0 Å². The van der Waals surface area contributed by atoms with E-state index in [0.717, 1.165) is 30.4 Å². The first-order valence-electron chi connectivity index (χ1n) is 9.77. The van der Waals surface area contributed by atoms with Gasteiger partial charge in [-0.25, -0.2) is 13.2 Å². The molecule has 0 bridgehead atoms. The number of Topliss-reactive ketones (excluding diaryl/α,β-unsaturated/α-hetero) is 1. The van der Waals surface area contributed by atoms with E-state index in [1.165, 1.54) is 22.5 Å². The Hall–Kier alpha value is -2.22. The lowest BCUT2D eigenvalue weighted by Gasteiger charge is -2.26. The summed E-state index contributed by atoms with van der Waals surface area (Å²) in [5.74, 6) is -1.11. The van der Waals surface area contributed by atoms with Gasteiger partial charge in [-0.1, -0.05) is 30.2 Å². The zero-order valence-electron chi connectivity index (χ0n) is 17.0. The van der Waals surface area contributed by atoms with Crippen LogP contribution in [0.25, 0.3) is 0 Å². The molecule has 1 fully saturated rings. The lowest BCUT2D eigenvalue weighted by atomic mass is 10.0. The van der Waals surface area contributed by atoms with Gasteiger partial charge in [0.15, 0.2) is 12.4 Å². The van der Waals surface area contributed by atoms with Gasteiger partial charge >= 0.3 is 5.97 Å². The summed E-state index contributed by atoms with van der Waals surface area (Å²) in [4.78, 5) is 24.6. The second-order valence-corrected chi connectivity index (χ2v) is 9.72. The molecule has 0 spiro atoms. The van der Waals surface area contributed by atoms with Crippen LogP contribution in [0.3, 0.4) is 0 Å². The zero-order valence-corrected chi connectivity index (χ0v) is 18.6. The van der Waals surface area contributed by atoms with E-state index in [2.05, 4.69) is 0 Å². The highest BCUT2D eigenvalue weighted by atomic mass is 35.5. The maximum atomic E-state index is 12.9. The van der Waals surface area contributed by atoms with Crippen molar-refractivity contribution >= 4 is 33.4 Å². The van der Waals surface area contributed by atoms with Crippen LogP contribution in [0.15, 0.2) is 41.3 Å². The Kier molecular flexibility index (Phi) is 6.95. The van der Waals surface area contributed by atoms with Crippen LogP contribution in [0.4, 0.5) is 0 Å². The highest BCUT2D eigenvalue weighted by Crippen LogP contribution is 2.28. The van der Waals surface area contributed by atoms with E-state index in [1.807, 2.05) is 19.9 Å². The van der Waals surface area contributed by atoms with E-state index >= 15 is 0 Å². The number of rotatable bonds is 6. The summed E-state index contributed by atoms with van der Waals surface area (Å²) in [5, 5.41) is 0.0448. The fraction of sp³-hybridized carbons (Fsp3) is 0.364. The Morgan fingerprint density at radius 3 is 2.30 bits per heavy atom. The van der Waals surface area contributed by atoms with Gasteiger partial charge in [-0.05, 0) is 62.1 Å². The largest absolute Gasteiger partial charge is 0.454 e. The molecule has 0 saturated carbocycles. The minimum absolute atomic E-state index is 0.0304. The van der Waals surface area contributed by atoms with Crippen LogP contribution in [0, 0.1) is 13.8 Å². The number of halogens is 1. The zero-order chi connectivity index (χ0) is 21.9. The van der Waals surface area contributed by atoms with Crippen molar-refractivity contribution in [1.29, 1.82) is 0 Å². The number of ketones is 1. The quantitative estimate of drug-likeness (QED) is 0.488. The number of ether oxygens (including phenoxy) is 1. The number of nitrogens with zero attached hydrogens (tertiary/aromatic N) is 1. The van der Waals surface area contributed by atoms with Gasteiger partial charge in [0.05, 0.1) is 10.6 Å². The highest BCUT2D eigenvalue weighted by Gasteiger charge is 2.29. The summed E-state index contributed by atoms with van der Waals surface area (Å²) in [5.41, 5.74) is 2.52. The maximum Gasteiger partial charge on any atom is 0.338 e. The van der Waals surface area contributed by atoms with E-state index in [4.69, 9.17) is 16.3 Å². The van der Waals surface area contributed by atoms with E-state index in [0.29, 0.717) is 18.7 Å². The Labute approximate surface area is 181 Å². The second kappa shape index (κ2) is 9.29. The first-order valence-corrected chi connectivity index (χ1v) is 11.6. The third-order valence-corrected chi connectivity index (χ3v) is 7.64. The van der Waals surface area contributed by atoms with Gasteiger partial charge in [-0.3, -0.25) is 4.79 Å². The smallest absolute Gasteiger partial charge is 0.338 e. The minimum Gasteiger partial charge on any atom is -0.454 e. The minimum atomic E-state index is -3.81. The van der Waals surface area contributed by atoms with E-state index in [1.54, 1.807) is 12.1 Å². The molecule has 8 heteroatoms. The van der Waals surface area contributed by atoms with Gasteiger partial charge in [0.25, 0.3) is 0 Å². The van der Waals surface area contributed by atoms with Crippen LogP contribution in [0.1, 0.15) is 51.1 Å². The highest BCUT2D eigenvalue weighted by molar-refractivity contribution is 7.89. The van der Waals surface area contributed by atoms with Crippen molar-refractivity contribution in [3.63, 3.8) is 0 Å². The fourth-order valence-electron chi connectivity index (χ4n) is 3.28. The molecule has 0 unspecified atom stereocenters. The number of hydrogen-bond donors (Lipinski definition) is 0. The molecule has 30 heavy (non-hydrogen) atoms. The molecule has 3 rings (SSSR count). The topological polar surface area (TPSA) is 80.8 Å². The monoisotopic (exact) mass is 449 g/mol. The van der Waals surface area contributed by atoms with E-state index < -0.39 is 22.6 Å². The SMILES string of the molecule is Cc1ccc(C(=O)COC(=O)c2ccc(Cl)c(S(=O)(=O)N3CCCCC3)c2)cc1C. The Bertz CT molecular complexity index is 1070. The number of piperidine rings is 1. The summed E-state index contributed by atoms with van der Waals surface area (Å²) in [6.07, 6.45) is 2.57. The van der Waals surface area contributed by atoms with Crippen molar-refractivity contribution < 1.29 is 22.7 Å². The van der Waals surface area contributed by atoms with Crippen LogP contribution in [0.5, 0.6) is 0 Å². The number of esters is 1. The average Bonchev–Trinajstić information content (AvgIpc) is 2.74. The molecular weight excluding hydrogens is 426 g/mol. The molecule has 0 atom stereocenters. The molecule has 0 aromatic heterocycles. The summed E-state index contributed by atoms with van der Waals surface area (Å²) in [6.45, 7) is 4.27. The summed E-state index contributed by atoms with van der Waals surface area (Å²) < 4.78 is 32.4. The number of hydrogen-bond acceptors (Lipinski definition) is 5. The summed E-state index contributed by atoms with van der Waals surface area (Å²) in [7, 11) is -3.81. The van der Waals surface area contributed by atoms with Crippen molar-refractivity contribution in [1.82, 2.24) is 4.31 Å². The van der Waals surface area contributed by atoms with E-state index in [9.17, 15) is 18.0 Å². The van der Waals surface area contributed by atoms with Gasteiger partial charge in [0, 0.05) is 18.7 Å². The van der Waals surface area contributed by atoms with Crippen molar-refractivity contribution in [2.75, 3.05) is 19.7 Å². The number of sulfonamides is 1. The Morgan fingerprint density at radius 1 is 0.967 bits per heavy atom. The molecule has 0 N–H and O–H groups in total. The van der Waals surface area contributed by atoms with E-state index in [-0.39, 0.29) is 21.3 Å². The van der Waals surface area contributed by atoms with Crippen LogP contribution >= 0.6 is 11.6 Å². The maximum absolute atomic E-state index is 12.9. The number of benzene rings is 2. The molecule has 2 aromatic rings. The van der Waals surface area contributed by atoms with Crippen molar-refractivity contribution in [3.05, 3.63) is 63.7 Å². The lowest BCUT2D eigenvalue weighted by Crippen LogP contribution is -2.35.